The second-order valence-electron chi connectivity index (χ2n) is 9.32. The summed E-state index contributed by atoms with van der Waals surface area (Å²) in [5.74, 6) is 0.609. The lowest BCUT2D eigenvalue weighted by Gasteiger charge is -2.44. The van der Waals surface area contributed by atoms with Crippen LogP contribution in [0.5, 0.6) is 0 Å². The fourth-order valence-electron chi connectivity index (χ4n) is 4.69. The Morgan fingerprint density at radius 3 is 2.64 bits per heavy atom. The molecule has 6 heteroatoms. The lowest BCUT2D eigenvalue weighted by Crippen LogP contribution is -2.52. The molecule has 0 aliphatic carbocycles. The SMILES string of the molecule is CN1OC[C@@H]2CN(C(=O)C(C)(C)C)[C@H](c3cccc(N4CCOCC4)c3)C[C@@H]21. The molecule has 0 N–H and O–H groups in total. The van der Waals surface area contributed by atoms with Gasteiger partial charge < -0.3 is 14.5 Å². The Morgan fingerprint density at radius 2 is 1.93 bits per heavy atom. The Kier molecular flexibility index (Phi) is 5.38. The van der Waals surface area contributed by atoms with Gasteiger partial charge in [-0.3, -0.25) is 9.63 Å². The maximum absolute atomic E-state index is 13.3. The summed E-state index contributed by atoms with van der Waals surface area (Å²) in [5, 5.41) is 2.00. The average molecular weight is 388 g/mol. The predicted octanol–water partition coefficient (Wildman–Crippen LogP) is 2.70. The molecule has 3 heterocycles. The number of hydroxylamine groups is 2. The molecule has 3 fully saturated rings. The molecule has 1 aromatic rings. The van der Waals surface area contributed by atoms with Gasteiger partial charge in [-0.25, -0.2) is 0 Å². The number of carbonyl (C=O) groups is 1. The smallest absolute Gasteiger partial charge is 0.228 e. The van der Waals surface area contributed by atoms with Gasteiger partial charge in [0.1, 0.15) is 0 Å². The van der Waals surface area contributed by atoms with Crippen molar-refractivity contribution in [1.82, 2.24) is 9.96 Å². The monoisotopic (exact) mass is 387 g/mol. The largest absolute Gasteiger partial charge is 0.378 e. The highest BCUT2D eigenvalue weighted by atomic mass is 16.7. The molecule has 0 aromatic heterocycles. The van der Waals surface area contributed by atoms with Crippen LogP contribution < -0.4 is 4.90 Å². The number of fused-ring (bicyclic) bond motifs is 1. The number of benzene rings is 1. The second kappa shape index (κ2) is 7.65. The van der Waals surface area contributed by atoms with Gasteiger partial charge in [-0.15, -0.1) is 0 Å². The van der Waals surface area contributed by atoms with Crippen LogP contribution in [0.1, 0.15) is 38.8 Å². The molecular formula is C22H33N3O3. The van der Waals surface area contributed by atoms with Crippen molar-refractivity contribution in [3.05, 3.63) is 29.8 Å². The highest BCUT2D eigenvalue weighted by molar-refractivity contribution is 5.82. The van der Waals surface area contributed by atoms with Crippen LogP contribution in [0, 0.1) is 11.3 Å². The Bertz CT molecular complexity index is 711. The van der Waals surface area contributed by atoms with Crippen molar-refractivity contribution in [1.29, 1.82) is 0 Å². The second-order valence-corrected chi connectivity index (χ2v) is 9.32. The van der Waals surface area contributed by atoms with Crippen molar-refractivity contribution in [2.45, 2.75) is 39.3 Å². The molecule has 6 nitrogen and oxygen atoms in total. The first kappa shape index (κ1) is 19.7. The van der Waals surface area contributed by atoms with Gasteiger partial charge in [-0.05, 0) is 24.1 Å². The standard InChI is InChI=1S/C22H33N3O3/c1-22(2,3)21(26)25-14-17-15-28-23(4)19(17)13-20(25)16-6-5-7-18(12-16)24-8-10-27-11-9-24/h5-7,12,17,19-20H,8-11,13-15H2,1-4H3/t17-,19-,20-/m0/s1. The van der Waals surface area contributed by atoms with Crippen LogP contribution in [0.4, 0.5) is 5.69 Å². The number of hydrogen-bond donors (Lipinski definition) is 0. The molecule has 3 atom stereocenters. The maximum atomic E-state index is 13.3. The Morgan fingerprint density at radius 1 is 1.18 bits per heavy atom. The average Bonchev–Trinajstić information content (AvgIpc) is 3.06. The molecule has 1 amide bonds. The first-order chi connectivity index (χ1) is 13.3. The van der Waals surface area contributed by atoms with Crippen LogP contribution >= 0.6 is 0 Å². The van der Waals surface area contributed by atoms with Gasteiger partial charge in [0, 0.05) is 49.7 Å². The van der Waals surface area contributed by atoms with Crippen molar-refractivity contribution in [3.63, 3.8) is 0 Å². The summed E-state index contributed by atoms with van der Waals surface area (Å²) in [6.45, 7) is 10.9. The van der Waals surface area contributed by atoms with E-state index in [1.54, 1.807) is 0 Å². The van der Waals surface area contributed by atoms with E-state index in [1.807, 2.05) is 32.9 Å². The number of hydrogen-bond acceptors (Lipinski definition) is 5. The normalized spacial score (nSPS) is 29.1. The van der Waals surface area contributed by atoms with Crippen molar-refractivity contribution < 1.29 is 14.4 Å². The van der Waals surface area contributed by atoms with Gasteiger partial charge >= 0.3 is 0 Å². The quantitative estimate of drug-likeness (QED) is 0.781. The third-order valence-corrected chi connectivity index (χ3v) is 6.31. The molecule has 1 aromatic carbocycles. The molecule has 3 saturated heterocycles. The third kappa shape index (κ3) is 3.78. The number of anilines is 1. The highest BCUT2D eigenvalue weighted by Crippen LogP contribution is 2.41. The Balaban J connectivity index is 1.64. The summed E-state index contributed by atoms with van der Waals surface area (Å²) in [4.78, 5) is 23.6. The van der Waals surface area contributed by atoms with Gasteiger partial charge in [0.2, 0.25) is 5.91 Å². The van der Waals surface area contributed by atoms with Crippen LogP contribution in [0.2, 0.25) is 0 Å². The van der Waals surface area contributed by atoms with Gasteiger partial charge in [0.25, 0.3) is 0 Å². The van der Waals surface area contributed by atoms with E-state index < -0.39 is 5.41 Å². The number of amides is 1. The lowest BCUT2D eigenvalue weighted by atomic mass is 9.83. The molecule has 0 bridgehead atoms. The van der Waals surface area contributed by atoms with Crippen molar-refractivity contribution in [2.24, 2.45) is 11.3 Å². The molecule has 3 aliphatic rings. The first-order valence-corrected chi connectivity index (χ1v) is 10.4. The lowest BCUT2D eigenvalue weighted by molar-refractivity contribution is -0.147. The van der Waals surface area contributed by atoms with Gasteiger partial charge in [0.05, 0.1) is 25.9 Å². The molecule has 0 spiro atoms. The number of piperidine rings is 1. The molecule has 4 rings (SSSR count). The van der Waals surface area contributed by atoms with E-state index >= 15 is 0 Å². The van der Waals surface area contributed by atoms with E-state index in [9.17, 15) is 4.79 Å². The Labute approximate surface area is 168 Å². The zero-order valence-electron chi connectivity index (χ0n) is 17.6. The zero-order chi connectivity index (χ0) is 19.9. The number of likely N-dealkylation sites (tertiary alicyclic amines) is 1. The van der Waals surface area contributed by atoms with Crippen LogP contribution in [0.3, 0.4) is 0 Å². The molecular weight excluding hydrogens is 354 g/mol. The summed E-state index contributed by atoms with van der Waals surface area (Å²) in [6.07, 6.45) is 0.912. The fraction of sp³-hybridized carbons (Fsp3) is 0.682. The summed E-state index contributed by atoms with van der Waals surface area (Å²) in [6, 6.07) is 9.18. The summed E-state index contributed by atoms with van der Waals surface area (Å²) < 4.78 is 5.50. The minimum Gasteiger partial charge on any atom is -0.378 e. The van der Waals surface area contributed by atoms with Crippen molar-refractivity contribution >= 4 is 11.6 Å². The molecule has 3 aliphatic heterocycles. The van der Waals surface area contributed by atoms with Gasteiger partial charge in [-0.2, -0.15) is 5.06 Å². The van der Waals surface area contributed by atoms with E-state index in [-0.39, 0.29) is 11.9 Å². The number of nitrogens with zero attached hydrogens (tertiary/aromatic N) is 3. The summed E-state index contributed by atoms with van der Waals surface area (Å²) >= 11 is 0. The molecule has 0 saturated carbocycles. The van der Waals surface area contributed by atoms with E-state index in [4.69, 9.17) is 9.57 Å². The van der Waals surface area contributed by atoms with E-state index in [1.165, 1.54) is 11.3 Å². The van der Waals surface area contributed by atoms with Crippen LogP contribution in [0.25, 0.3) is 0 Å². The van der Waals surface area contributed by atoms with Gasteiger partial charge in [-0.1, -0.05) is 32.9 Å². The molecule has 154 valence electrons. The minimum absolute atomic E-state index is 0.0816. The van der Waals surface area contributed by atoms with Crippen molar-refractivity contribution in [2.75, 3.05) is 51.4 Å². The summed E-state index contributed by atoms with van der Waals surface area (Å²) in [7, 11) is 2.02. The van der Waals surface area contributed by atoms with Gasteiger partial charge in [0.15, 0.2) is 0 Å². The number of carbonyl (C=O) groups excluding carboxylic acids is 1. The Hall–Kier alpha value is -1.63. The zero-order valence-corrected chi connectivity index (χ0v) is 17.6. The fourth-order valence-corrected chi connectivity index (χ4v) is 4.69. The van der Waals surface area contributed by atoms with Crippen LogP contribution in [-0.2, 0) is 14.4 Å². The van der Waals surface area contributed by atoms with Crippen LogP contribution in [-0.4, -0.2) is 68.4 Å². The number of morpholine rings is 1. The molecule has 0 radical (unpaired) electrons. The van der Waals surface area contributed by atoms with Crippen molar-refractivity contribution in [3.8, 4) is 0 Å². The predicted molar refractivity (Wildman–Crippen MR) is 109 cm³/mol. The van der Waals surface area contributed by atoms with E-state index in [0.717, 1.165) is 39.3 Å². The first-order valence-electron chi connectivity index (χ1n) is 10.4. The highest BCUT2D eigenvalue weighted by Gasteiger charge is 2.45. The van der Waals surface area contributed by atoms with E-state index in [2.05, 4.69) is 34.1 Å². The third-order valence-electron chi connectivity index (χ3n) is 6.31. The number of ether oxygens (including phenoxy) is 1. The number of rotatable bonds is 2. The molecule has 0 unspecified atom stereocenters. The topological polar surface area (TPSA) is 45.2 Å². The summed E-state index contributed by atoms with van der Waals surface area (Å²) in [5.41, 5.74) is 2.06. The molecule has 28 heavy (non-hydrogen) atoms. The maximum Gasteiger partial charge on any atom is 0.228 e. The van der Waals surface area contributed by atoms with E-state index in [0.29, 0.717) is 18.6 Å². The van der Waals surface area contributed by atoms with Crippen LogP contribution in [0.15, 0.2) is 24.3 Å². The minimum atomic E-state index is -0.391.